The van der Waals surface area contributed by atoms with Gasteiger partial charge in [0.2, 0.25) is 5.91 Å². The van der Waals surface area contributed by atoms with Crippen LogP contribution in [0.1, 0.15) is 48.4 Å². The highest BCUT2D eigenvalue weighted by Crippen LogP contribution is 2.34. The largest absolute Gasteiger partial charge is 0.375 e. The van der Waals surface area contributed by atoms with Gasteiger partial charge in [-0.2, -0.15) is 0 Å². The Bertz CT molecular complexity index is 778. The first kappa shape index (κ1) is 17.5. The van der Waals surface area contributed by atoms with Crippen LogP contribution in [0.3, 0.4) is 0 Å². The minimum atomic E-state index is 0.130. The summed E-state index contributed by atoms with van der Waals surface area (Å²) in [7, 11) is 0. The number of hydrogen-bond donors (Lipinski definition) is 1. The van der Waals surface area contributed by atoms with E-state index in [0.29, 0.717) is 17.5 Å². The number of nitrogens with zero attached hydrogens (tertiary/aromatic N) is 4. The van der Waals surface area contributed by atoms with Crippen molar-refractivity contribution in [1.82, 2.24) is 19.9 Å². The topological polar surface area (TPSA) is 88.5 Å². The second-order valence-corrected chi connectivity index (χ2v) is 7.99. The molecule has 0 saturated carbocycles. The van der Waals surface area contributed by atoms with Crippen LogP contribution in [0.25, 0.3) is 0 Å². The number of carbonyl (C=O) groups excluding carboxylic acids is 1. The average molecular weight is 375 g/mol. The fraction of sp³-hybridized carbons (Fsp3) is 0.611. The highest BCUT2D eigenvalue weighted by atomic mass is 32.1. The lowest BCUT2D eigenvalue weighted by atomic mass is 9.90. The third-order valence-corrected chi connectivity index (χ3v) is 6.24. The number of piperidine rings is 1. The van der Waals surface area contributed by atoms with Crippen LogP contribution in [0.15, 0.2) is 9.90 Å². The SMILES string of the molecule is CCN1CCc2noc(C3CCN(C(=O)Cc4csc(N)n4)CC3)c2C1. The Morgan fingerprint density at radius 3 is 2.88 bits per heavy atom. The van der Waals surface area contributed by atoms with Gasteiger partial charge in [0, 0.05) is 49.5 Å². The maximum absolute atomic E-state index is 12.5. The van der Waals surface area contributed by atoms with Gasteiger partial charge in [0.1, 0.15) is 5.76 Å². The minimum Gasteiger partial charge on any atom is -0.375 e. The van der Waals surface area contributed by atoms with E-state index < -0.39 is 0 Å². The standard InChI is InChI=1S/C18H25N5O2S/c1-2-22-6-5-15-14(10-22)17(25-21-15)12-3-7-23(8-4-12)16(24)9-13-11-26-18(19)20-13/h11-12H,2-10H2,1H3,(H2,19,20). The fourth-order valence-electron chi connectivity index (χ4n) is 3.94. The number of nitrogen functional groups attached to an aromatic ring is 1. The first-order chi connectivity index (χ1) is 12.6. The van der Waals surface area contributed by atoms with E-state index in [1.165, 1.54) is 16.9 Å². The molecule has 1 fully saturated rings. The minimum absolute atomic E-state index is 0.130. The van der Waals surface area contributed by atoms with Gasteiger partial charge >= 0.3 is 0 Å². The van der Waals surface area contributed by atoms with Gasteiger partial charge < -0.3 is 15.2 Å². The van der Waals surface area contributed by atoms with Crippen molar-refractivity contribution >= 4 is 22.4 Å². The molecule has 1 amide bonds. The number of carbonyl (C=O) groups is 1. The first-order valence-electron chi connectivity index (χ1n) is 9.31. The van der Waals surface area contributed by atoms with E-state index in [-0.39, 0.29) is 5.91 Å². The van der Waals surface area contributed by atoms with Gasteiger partial charge in [-0.15, -0.1) is 11.3 Å². The van der Waals surface area contributed by atoms with Crippen molar-refractivity contribution in [3.63, 3.8) is 0 Å². The number of likely N-dealkylation sites (tertiary alicyclic amines) is 1. The Morgan fingerprint density at radius 2 is 2.19 bits per heavy atom. The molecule has 0 aromatic carbocycles. The molecule has 4 heterocycles. The van der Waals surface area contributed by atoms with Crippen molar-refractivity contribution in [1.29, 1.82) is 0 Å². The second-order valence-electron chi connectivity index (χ2n) is 7.10. The summed E-state index contributed by atoms with van der Waals surface area (Å²) < 4.78 is 5.74. The number of nitrogens with two attached hydrogens (primary N) is 1. The molecule has 2 aliphatic rings. The third-order valence-electron chi connectivity index (χ3n) is 5.51. The summed E-state index contributed by atoms with van der Waals surface area (Å²) in [5.41, 5.74) is 8.83. The van der Waals surface area contributed by atoms with Gasteiger partial charge in [0.05, 0.1) is 17.8 Å². The molecule has 0 unspecified atom stereocenters. The smallest absolute Gasteiger partial charge is 0.228 e. The summed E-state index contributed by atoms with van der Waals surface area (Å²) in [5.74, 6) is 1.55. The van der Waals surface area contributed by atoms with Gasteiger partial charge in [-0.05, 0) is 19.4 Å². The number of amides is 1. The number of anilines is 1. The first-order valence-corrected chi connectivity index (χ1v) is 10.2. The molecule has 0 atom stereocenters. The lowest BCUT2D eigenvalue weighted by Gasteiger charge is -2.32. The van der Waals surface area contributed by atoms with Crippen LogP contribution in [0.4, 0.5) is 5.13 Å². The lowest BCUT2D eigenvalue weighted by Crippen LogP contribution is -2.39. The summed E-state index contributed by atoms with van der Waals surface area (Å²) in [6.45, 7) is 6.77. The van der Waals surface area contributed by atoms with Gasteiger partial charge in [-0.1, -0.05) is 12.1 Å². The number of hydrogen-bond acceptors (Lipinski definition) is 7. The van der Waals surface area contributed by atoms with Crippen LogP contribution in [-0.2, 0) is 24.2 Å². The van der Waals surface area contributed by atoms with E-state index in [9.17, 15) is 4.79 Å². The predicted molar refractivity (Wildman–Crippen MR) is 99.9 cm³/mol. The average Bonchev–Trinajstić information content (AvgIpc) is 3.27. The number of thiazole rings is 1. The van der Waals surface area contributed by atoms with Crippen molar-refractivity contribution < 1.29 is 9.32 Å². The van der Waals surface area contributed by atoms with Crippen molar-refractivity contribution in [3.05, 3.63) is 28.1 Å². The van der Waals surface area contributed by atoms with Crippen molar-refractivity contribution in [3.8, 4) is 0 Å². The van der Waals surface area contributed by atoms with Crippen molar-refractivity contribution in [2.24, 2.45) is 0 Å². The van der Waals surface area contributed by atoms with E-state index in [0.717, 1.165) is 69.1 Å². The normalized spacial score (nSPS) is 18.9. The molecule has 26 heavy (non-hydrogen) atoms. The van der Waals surface area contributed by atoms with E-state index in [1.807, 2.05) is 10.3 Å². The van der Waals surface area contributed by atoms with E-state index in [4.69, 9.17) is 10.3 Å². The molecule has 2 aliphatic heterocycles. The highest BCUT2D eigenvalue weighted by molar-refractivity contribution is 7.13. The summed E-state index contributed by atoms with van der Waals surface area (Å²) in [6, 6.07) is 0. The molecule has 4 rings (SSSR count). The fourth-order valence-corrected chi connectivity index (χ4v) is 4.50. The Hall–Kier alpha value is -1.93. The molecule has 2 aromatic heterocycles. The molecular formula is C18H25N5O2S. The molecule has 0 aliphatic carbocycles. The molecule has 2 N–H and O–H groups in total. The van der Waals surface area contributed by atoms with Gasteiger partial charge in [0.25, 0.3) is 0 Å². The summed E-state index contributed by atoms with van der Waals surface area (Å²) in [5, 5.41) is 6.69. The Kier molecular flexibility index (Phi) is 4.95. The number of fused-ring (bicyclic) bond motifs is 1. The molecule has 1 saturated heterocycles. The highest BCUT2D eigenvalue weighted by Gasteiger charge is 2.31. The van der Waals surface area contributed by atoms with E-state index in [1.54, 1.807) is 0 Å². The van der Waals surface area contributed by atoms with Crippen LogP contribution in [0, 0.1) is 0 Å². The molecule has 7 nitrogen and oxygen atoms in total. The Morgan fingerprint density at radius 1 is 1.38 bits per heavy atom. The van der Waals surface area contributed by atoms with Crippen LogP contribution in [0.5, 0.6) is 0 Å². The number of aromatic nitrogens is 2. The Balaban J connectivity index is 1.37. The summed E-state index contributed by atoms with van der Waals surface area (Å²) in [4.78, 5) is 21.0. The predicted octanol–water partition coefficient (Wildman–Crippen LogP) is 2.04. The second kappa shape index (κ2) is 7.36. The number of likely N-dealkylation sites (N-methyl/N-ethyl adjacent to an activating group) is 1. The molecular weight excluding hydrogens is 350 g/mol. The molecule has 0 radical (unpaired) electrons. The van der Waals surface area contributed by atoms with Crippen LogP contribution in [-0.4, -0.2) is 52.0 Å². The van der Waals surface area contributed by atoms with E-state index in [2.05, 4.69) is 22.0 Å². The van der Waals surface area contributed by atoms with Crippen LogP contribution >= 0.6 is 11.3 Å². The molecule has 140 valence electrons. The zero-order valence-corrected chi connectivity index (χ0v) is 15.9. The van der Waals surface area contributed by atoms with Crippen molar-refractivity contribution in [2.45, 2.75) is 45.1 Å². The quantitative estimate of drug-likeness (QED) is 0.880. The molecule has 8 heteroatoms. The maximum atomic E-state index is 12.5. The summed E-state index contributed by atoms with van der Waals surface area (Å²) in [6.07, 6.45) is 3.17. The van der Waals surface area contributed by atoms with E-state index >= 15 is 0 Å². The third kappa shape index (κ3) is 3.48. The van der Waals surface area contributed by atoms with Gasteiger partial charge in [-0.3, -0.25) is 9.69 Å². The Labute approximate surface area is 157 Å². The van der Waals surface area contributed by atoms with Gasteiger partial charge in [-0.25, -0.2) is 4.98 Å². The summed E-state index contributed by atoms with van der Waals surface area (Å²) >= 11 is 1.38. The molecule has 2 aromatic rings. The monoisotopic (exact) mass is 375 g/mol. The van der Waals surface area contributed by atoms with Crippen LogP contribution in [0.2, 0.25) is 0 Å². The molecule has 0 bridgehead atoms. The van der Waals surface area contributed by atoms with Crippen LogP contribution < -0.4 is 5.73 Å². The van der Waals surface area contributed by atoms with Gasteiger partial charge in [0.15, 0.2) is 5.13 Å². The maximum Gasteiger partial charge on any atom is 0.228 e. The zero-order valence-electron chi connectivity index (χ0n) is 15.1. The number of rotatable bonds is 4. The zero-order chi connectivity index (χ0) is 18.1. The molecule has 0 spiro atoms. The van der Waals surface area contributed by atoms with Crippen molar-refractivity contribution in [2.75, 3.05) is 31.9 Å². The lowest BCUT2D eigenvalue weighted by molar-refractivity contribution is -0.131.